The van der Waals surface area contributed by atoms with Crippen LogP contribution < -0.4 is 15.0 Å². The predicted molar refractivity (Wildman–Crippen MR) is 93.2 cm³/mol. The van der Waals surface area contributed by atoms with E-state index in [1.54, 1.807) is 60.5 Å². The number of carbonyl (C=O) groups is 2. The number of rotatable bonds is 4. The minimum atomic E-state index is -0.412. The molecule has 0 saturated carbocycles. The maximum Gasteiger partial charge on any atom is 0.229 e. The molecular weight excluding hydrogens is 318 g/mol. The number of methoxy groups -OCH3 is 1. The van der Waals surface area contributed by atoms with Gasteiger partial charge in [0, 0.05) is 24.3 Å². The van der Waals surface area contributed by atoms with E-state index in [-0.39, 0.29) is 18.2 Å². The number of hydrogen-bond donors (Lipinski definition) is 1. The lowest BCUT2D eigenvalue weighted by atomic mass is 10.1. The van der Waals surface area contributed by atoms with E-state index in [1.165, 1.54) is 0 Å². The van der Waals surface area contributed by atoms with Crippen LogP contribution in [0.5, 0.6) is 5.75 Å². The monoisotopic (exact) mass is 335 g/mol. The first-order chi connectivity index (χ1) is 12.1. The molecule has 0 aliphatic carbocycles. The molecule has 25 heavy (non-hydrogen) atoms. The first-order valence-corrected chi connectivity index (χ1v) is 7.86. The lowest BCUT2D eigenvalue weighted by molar-refractivity contribution is -0.122. The van der Waals surface area contributed by atoms with Gasteiger partial charge >= 0.3 is 0 Å². The fourth-order valence-corrected chi connectivity index (χ4v) is 2.77. The van der Waals surface area contributed by atoms with Crippen molar-refractivity contribution in [2.75, 3.05) is 23.9 Å². The molecule has 1 heterocycles. The molecule has 3 rings (SSSR count). The molecule has 1 aliphatic rings. The fourth-order valence-electron chi connectivity index (χ4n) is 2.77. The lowest BCUT2D eigenvalue weighted by Gasteiger charge is -2.17. The van der Waals surface area contributed by atoms with Crippen LogP contribution in [0, 0.1) is 17.2 Å². The van der Waals surface area contributed by atoms with Crippen molar-refractivity contribution in [3.63, 3.8) is 0 Å². The van der Waals surface area contributed by atoms with Crippen LogP contribution in [0.3, 0.4) is 0 Å². The lowest BCUT2D eigenvalue weighted by Crippen LogP contribution is -2.28. The summed E-state index contributed by atoms with van der Waals surface area (Å²) in [6, 6.07) is 15.8. The third-order valence-corrected chi connectivity index (χ3v) is 4.16. The summed E-state index contributed by atoms with van der Waals surface area (Å²) in [6.45, 7) is 0.341. The standard InChI is InChI=1S/C19H17N3O3/c1-25-17-8-6-16(7-9-17)22-12-14(10-18(22)23)19(24)21-15-4-2-13(11-20)3-5-15/h2-9,14H,10,12H2,1H3,(H,21,24). The van der Waals surface area contributed by atoms with Gasteiger partial charge in [-0.1, -0.05) is 0 Å². The molecule has 1 N–H and O–H groups in total. The zero-order chi connectivity index (χ0) is 17.8. The smallest absolute Gasteiger partial charge is 0.229 e. The second-order valence-corrected chi connectivity index (χ2v) is 5.78. The summed E-state index contributed by atoms with van der Waals surface area (Å²) in [7, 11) is 1.58. The summed E-state index contributed by atoms with van der Waals surface area (Å²) in [4.78, 5) is 26.3. The van der Waals surface area contributed by atoms with Gasteiger partial charge in [0.15, 0.2) is 0 Å². The van der Waals surface area contributed by atoms with Crippen LogP contribution >= 0.6 is 0 Å². The summed E-state index contributed by atoms with van der Waals surface area (Å²) in [6.07, 6.45) is 0.175. The van der Waals surface area contributed by atoms with Gasteiger partial charge in [0.1, 0.15) is 5.75 Å². The number of carbonyl (C=O) groups excluding carboxylic acids is 2. The van der Waals surface area contributed by atoms with E-state index in [0.29, 0.717) is 23.5 Å². The molecule has 1 fully saturated rings. The van der Waals surface area contributed by atoms with E-state index >= 15 is 0 Å². The topological polar surface area (TPSA) is 82.4 Å². The highest BCUT2D eigenvalue weighted by atomic mass is 16.5. The van der Waals surface area contributed by atoms with Crippen molar-refractivity contribution in [2.24, 2.45) is 5.92 Å². The summed E-state index contributed by atoms with van der Waals surface area (Å²) in [5.41, 5.74) is 1.89. The third kappa shape index (κ3) is 3.61. The van der Waals surface area contributed by atoms with Crippen LogP contribution in [0.1, 0.15) is 12.0 Å². The predicted octanol–water partition coefficient (Wildman–Crippen LogP) is 2.56. The Hall–Kier alpha value is -3.33. The number of hydrogen-bond acceptors (Lipinski definition) is 4. The van der Waals surface area contributed by atoms with Crippen LogP contribution in [-0.2, 0) is 9.59 Å². The quantitative estimate of drug-likeness (QED) is 0.931. The second kappa shape index (κ2) is 7.05. The zero-order valence-corrected chi connectivity index (χ0v) is 13.7. The Kier molecular flexibility index (Phi) is 4.66. The van der Waals surface area contributed by atoms with Gasteiger partial charge in [0.2, 0.25) is 11.8 Å². The minimum Gasteiger partial charge on any atom is -0.497 e. The minimum absolute atomic E-state index is 0.0786. The highest BCUT2D eigenvalue weighted by Gasteiger charge is 2.35. The Bertz CT molecular complexity index is 822. The Morgan fingerprint density at radius 2 is 1.88 bits per heavy atom. The summed E-state index contributed by atoms with van der Waals surface area (Å²) >= 11 is 0. The molecule has 1 aliphatic heterocycles. The Balaban J connectivity index is 1.66. The van der Waals surface area contributed by atoms with E-state index in [1.807, 2.05) is 6.07 Å². The molecule has 1 saturated heterocycles. The third-order valence-electron chi connectivity index (χ3n) is 4.16. The molecule has 6 heteroatoms. The molecule has 2 amide bonds. The number of benzene rings is 2. The maximum absolute atomic E-state index is 12.4. The van der Waals surface area contributed by atoms with Gasteiger partial charge in [-0.3, -0.25) is 9.59 Å². The second-order valence-electron chi connectivity index (χ2n) is 5.78. The van der Waals surface area contributed by atoms with Gasteiger partial charge in [0.05, 0.1) is 24.7 Å². The molecule has 0 aromatic heterocycles. The van der Waals surface area contributed by atoms with Crippen molar-refractivity contribution in [3.8, 4) is 11.8 Å². The highest BCUT2D eigenvalue weighted by molar-refractivity contribution is 6.03. The number of anilines is 2. The molecular formula is C19H17N3O3. The van der Waals surface area contributed by atoms with Gasteiger partial charge in [0.25, 0.3) is 0 Å². The summed E-state index contributed by atoms with van der Waals surface area (Å²) < 4.78 is 5.11. The molecule has 6 nitrogen and oxygen atoms in total. The van der Waals surface area contributed by atoms with Gasteiger partial charge in [-0.15, -0.1) is 0 Å². The van der Waals surface area contributed by atoms with Gasteiger partial charge in [-0.2, -0.15) is 5.26 Å². The van der Waals surface area contributed by atoms with Crippen LogP contribution in [0.15, 0.2) is 48.5 Å². The molecule has 126 valence electrons. The Morgan fingerprint density at radius 1 is 1.20 bits per heavy atom. The Labute approximate surface area is 145 Å². The average molecular weight is 335 g/mol. The number of amides is 2. The number of ether oxygens (including phenoxy) is 1. The molecule has 2 aromatic carbocycles. The van der Waals surface area contributed by atoms with Crippen molar-refractivity contribution in [3.05, 3.63) is 54.1 Å². The highest BCUT2D eigenvalue weighted by Crippen LogP contribution is 2.27. The fraction of sp³-hybridized carbons (Fsp3) is 0.211. The van der Waals surface area contributed by atoms with Gasteiger partial charge < -0.3 is 15.0 Å². The Morgan fingerprint density at radius 3 is 2.48 bits per heavy atom. The van der Waals surface area contributed by atoms with Crippen LogP contribution in [0.25, 0.3) is 0 Å². The van der Waals surface area contributed by atoms with Crippen LogP contribution in [0.2, 0.25) is 0 Å². The molecule has 1 unspecified atom stereocenters. The summed E-state index contributed by atoms with van der Waals surface area (Å²) in [5, 5.41) is 11.6. The maximum atomic E-state index is 12.4. The van der Waals surface area contributed by atoms with Crippen LogP contribution in [0.4, 0.5) is 11.4 Å². The number of nitrogens with zero attached hydrogens (tertiary/aromatic N) is 2. The van der Waals surface area contributed by atoms with Crippen molar-refractivity contribution < 1.29 is 14.3 Å². The average Bonchev–Trinajstić information content (AvgIpc) is 3.04. The zero-order valence-electron chi connectivity index (χ0n) is 13.7. The van der Waals surface area contributed by atoms with Crippen molar-refractivity contribution >= 4 is 23.2 Å². The SMILES string of the molecule is COc1ccc(N2CC(C(=O)Nc3ccc(C#N)cc3)CC2=O)cc1. The van der Waals surface area contributed by atoms with E-state index in [2.05, 4.69) is 5.32 Å². The molecule has 0 radical (unpaired) electrons. The van der Waals surface area contributed by atoms with Crippen molar-refractivity contribution in [2.45, 2.75) is 6.42 Å². The van der Waals surface area contributed by atoms with E-state index in [9.17, 15) is 9.59 Å². The first-order valence-electron chi connectivity index (χ1n) is 7.86. The molecule has 2 aromatic rings. The van der Waals surface area contributed by atoms with E-state index in [4.69, 9.17) is 10.00 Å². The first kappa shape index (κ1) is 16.5. The van der Waals surface area contributed by atoms with Crippen molar-refractivity contribution in [1.29, 1.82) is 5.26 Å². The van der Waals surface area contributed by atoms with Gasteiger partial charge in [-0.25, -0.2) is 0 Å². The van der Waals surface area contributed by atoms with E-state index < -0.39 is 5.92 Å². The van der Waals surface area contributed by atoms with Crippen molar-refractivity contribution in [1.82, 2.24) is 0 Å². The molecule has 1 atom stereocenters. The molecule has 0 bridgehead atoms. The molecule has 0 spiro atoms. The van der Waals surface area contributed by atoms with E-state index in [0.717, 1.165) is 5.69 Å². The number of nitriles is 1. The number of nitrogens with one attached hydrogen (secondary N) is 1. The normalized spacial score (nSPS) is 16.4. The van der Waals surface area contributed by atoms with Gasteiger partial charge in [-0.05, 0) is 48.5 Å². The summed E-state index contributed by atoms with van der Waals surface area (Å²) in [5.74, 6) is 0.0231. The van der Waals surface area contributed by atoms with Crippen LogP contribution in [-0.4, -0.2) is 25.5 Å². The largest absolute Gasteiger partial charge is 0.497 e.